The smallest absolute Gasteiger partial charge is 0.131 e. The lowest BCUT2D eigenvalue weighted by Gasteiger charge is -2.00. The lowest BCUT2D eigenvalue weighted by molar-refractivity contribution is 0.624. The number of terminal acetylenes is 1. The number of para-hydroxylation sites is 1. The molecule has 110 valence electrons. The first-order valence-electron chi connectivity index (χ1n) is 7.12. The molecule has 3 aromatic rings. The summed E-state index contributed by atoms with van der Waals surface area (Å²) in [6.07, 6.45) is 9.00. The number of fused-ring (bicyclic) bond motifs is 1. The Morgan fingerprint density at radius 2 is 1.91 bits per heavy atom. The summed E-state index contributed by atoms with van der Waals surface area (Å²) in [6, 6.07) is 16.1. The van der Waals surface area contributed by atoms with Crippen LogP contribution in [0.15, 0.2) is 54.7 Å². The van der Waals surface area contributed by atoms with Gasteiger partial charge in [-0.2, -0.15) is 5.26 Å². The first-order chi connectivity index (χ1) is 11.2. The maximum Gasteiger partial charge on any atom is 0.131 e. The van der Waals surface area contributed by atoms with Crippen LogP contribution in [-0.2, 0) is 6.54 Å². The molecule has 1 heterocycles. The predicted molar refractivity (Wildman–Crippen MR) is 90.7 cm³/mol. The number of allylic oxidation sites excluding steroid dienone is 1. The van der Waals surface area contributed by atoms with E-state index in [-0.39, 0.29) is 5.57 Å². The second-order valence-electron chi connectivity index (χ2n) is 5.08. The molecule has 2 nitrogen and oxygen atoms in total. The summed E-state index contributed by atoms with van der Waals surface area (Å²) in [5, 5.41) is 10.4. The van der Waals surface area contributed by atoms with Gasteiger partial charge in [-0.05, 0) is 18.2 Å². The summed E-state index contributed by atoms with van der Waals surface area (Å²) in [6.45, 7) is 0.440. The molecular weight excluding hydrogens is 287 g/mol. The van der Waals surface area contributed by atoms with Crippen LogP contribution in [0.5, 0.6) is 0 Å². The van der Waals surface area contributed by atoms with Crippen LogP contribution >= 0.6 is 0 Å². The predicted octanol–water partition coefficient (Wildman–Crippen LogP) is 4.48. The number of hydrogen-bond donors (Lipinski definition) is 0. The normalized spacial score (nSPS) is 11.2. The van der Waals surface area contributed by atoms with E-state index in [1.54, 1.807) is 24.3 Å². The molecule has 0 amide bonds. The van der Waals surface area contributed by atoms with Crippen LogP contribution in [0.25, 0.3) is 22.6 Å². The monoisotopic (exact) mass is 300 g/mol. The van der Waals surface area contributed by atoms with Crippen LogP contribution < -0.4 is 0 Å². The van der Waals surface area contributed by atoms with Crippen molar-refractivity contribution >= 4 is 22.6 Å². The molecule has 0 unspecified atom stereocenters. The minimum absolute atomic E-state index is 0.284. The standard InChI is InChI=1S/C20H13FN2/c1-2-11-23-14-16(18-8-4-6-10-20(18)23)12-15(13-22)17-7-3-5-9-19(17)21/h1,3-10,12,14H,11H2. The van der Waals surface area contributed by atoms with Gasteiger partial charge in [-0.1, -0.05) is 42.3 Å². The fraction of sp³-hybridized carbons (Fsp3) is 0.0500. The Hall–Kier alpha value is -3.30. The Balaban J connectivity index is 2.19. The van der Waals surface area contributed by atoms with E-state index < -0.39 is 5.82 Å². The molecule has 0 N–H and O–H groups in total. The number of hydrogen-bond acceptors (Lipinski definition) is 1. The van der Waals surface area contributed by atoms with E-state index in [2.05, 4.69) is 12.0 Å². The van der Waals surface area contributed by atoms with Crippen LogP contribution in [0.1, 0.15) is 11.1 Å². The number of nitriles is 1. The van der Waals surface area contributed by atoms with Gasteiger partial charge in [-0.3, -0.25) is 0 Å². The van der Waals surface area contributed by atoms with E-state index >= 15 is 0 Å². The van der Waals surface area contributed by atoms with Gasteiger partial charge in [0.2, 0.25) is 0 Å². The van der Waals surface area contributed by atoms with Crippen molar-refractivity contribution in [1.29, 1.82) is 5.26 Å². The number of aromatic nitrogens is 1. The molecule has 0 saturated heterocycles. The van der Waals surface area contributed by atoms with Gasteiger partial charge in [0.1, 0.15) is 5.82 Å². The maximum absolute atomic E-state index is 13.9. The third-order valence-electron chi connectivity index (χ3n) is 3.67. The molecule has 0 atom stereocenters. The summed E-state index contributed by atoms with van der Waals surface area (Å²) in [4.78, 5) is 0. The van der Waals surface area contributed by atoms with Crippen molar-refractivity contribution in [2.45, 2.75) is 6.54 Å². The highest BCUT2D eigenvalue weighted by molar-refractivity contribution is 5.98. The van der Waals surface area contributed by atoms with E-state index in [0.717, 1.165) is 16.5 Å². The van der Waals surface area contributed by atoms with Crippen molar-refractivity contribution in [3.63, 3.8) is 0 Å². The highest BCUT2D eigenvalue weighted by Crippen LogP contribution is 2.26. The van der Waals surface area contributed by atoms with E-state index in [1.165, 1.54) is 6.07 Å². The summed E-state index contributed by atoms with van der Waals surface area (Å²) >= 11 is 0. The minimum Gasteiger partial charge on any atom is -0.335 e. The van der Waals surface area contributed by atoms with Crippen LogP contribution in [-0.4, -0.2) is 4.57 Å². The highest BCUT2D eigenvalue weighted by atomic mass is 19.1. The summed E-state index contributed by atoms with van der Waals surface area (Å²) in [5.74, 6) is 2.21. The molecule has 1 aromatic heterocycles. The zero-order chi connectivity index (χ0) is 16.2. The highest BCUT2D eigenvalue weighted by Gasteiger charge is 2.10. The van der Waals surface area contributed by atoms with E-state index in [0.29, 0.717) is 12.1 Å². The van der Waals surface area contributed by atoms with Gasteiger partial charge in [0, 0.05) is 28.2 Å². The first-order valence-corrected chi connectivity index (χ1v) is 7.12. The van der Waals surface area contributed by atoms with E-state index in [4.69, 9.17) is 6.42 Å². The fourth-order valence-corrected chi connectivity index (χ4v) is 2.62. The Labute approximate surface area is 134 Å². The van der Waals surface area contributed by atoms with Crippen molar-refractivity contribution in [1.82, 2.24) is 4.57 Å². The maximum atomic E-state index is 13.9. The molecule has 23 heavy (non-hydrogen) atoms. The van der Waals surface area contributed by atoms with Crippen LogP contribution in [0.3, 0.4) is 0 Å². The quantitative estimate of drug-likeness (QED) is 0.518. The van der Waals surface area contributed by atoms with Gasteiger partial charge in [-0.25, -0.2) is 4.39 Å². The summed E-state index contributed by atoms with van der Waals surface area (Å²) in [5.41, 5.74) is 2.41. The topological polar surface area (TPSA) is 28.7 Å². The van der Waals surface area contributed by atoms with Crippen LogP contribution in [0, 0.1) is 29.5 Å². The minimum atomic E-state index is -0.410. The molecule has 0 radical (unpaired) electrons. The molecule has 0 saturated carbocycles. The molecule has 0 aliphatic carbocycles. The third kappa shape index (κ3) is 2.73. The van der Waals surface area contributed by atoms with Crippen LogP contribution in [0.2, 0.25) is 0 Å². The van der Waals surface area contributed by atoms with Gasteiger partial charge < -0.3 is 4.57 Å². The second-order valence-corrected chi connectivity index (χ2v) is 5.08. The molecule has 3 rings (SSSR count). The molecule has 0 aliphatic rings. The average molecular weight is 300 g/mol. The fourth-order valence-electron chi connectivity index (χ4n) is 2.62. The average Bonchev–Trinajstić information content (AvgIpc) is 2.92. The SMILES string of the molecule is C#CCn1cc(C=C(C#N)c2ccccc2F)c2ccccc21. The Morgan fingerprint density at radius 1 is 1.17 bits per heavy atom. The number of benzene rings is 2. The van der Waals surface area contributed by atoms with Crippen LogP contribution in [0.4, 0.5) is 4.39 Å². The summed E-state index contributed by atoms with van der Waals surface area (Å²) in [7, 11) is 0. The largest absolute Gasteiger partial charge is 0.335 e. The lowest BCUT2D eigenvalue weighted by atomic mass is 10.0. The second kappa shape index (κ2) is 6.22. The van der Waals surface area contributed by atoms with Gasteiger partial charge in [0.25, 0.3) is 0 Å². The number of nitrogens with zero attached hydrogens (tertiary/aromatic N) is 2. The molecule has 2 aromatic carbocycles. The van der Waals surface area contributed by atoms with Crippen molar-refractivity contribution in [2.24, 2.45) is 0 Å². The molecule has 0 spiro atoms. The van der Waals surface area contributed by atoms with Gasteiger partial charge >= 0.3 is 0 Å². The van der Waals surface area contributed by atoms with Crippen molar-refractivity contribution in [3.8, 4) is 18.4 Å². The zero-order valence-electron chi connectivity index (χ0n) is 12.3. The molecule has 3 heteroatoms. The first kappa shape index (κ1) is 14.6. The summed E-state index contributed by atoms with van der Waals surface area (Å²) < 4.78 is 15.9. The molecule has 0 aliphatic heterocycles. The van der Waals surface area contributed by atoms with Crippen molar-refractivity contribution < 1.29 is 4.39 Å². The van der Waals surface area contributed by atoms with Gasteiger partial charge in [0.15, 0.2) is 0 Å². The van der Waals surface area contributed by atoms with Crippen molar-refractivity contribution in [2.75, 3.05) is 0 Å². The van der Waals surface area contributed by atoms with Gasteiger partial charge in [-0.15, -0.1) is 6.42 Å². The molecular formula is C20H13FN2. The number of halogens is 1. The molecule has 0 bridgehead atoms. The Bertz CT molecular complexity index is 981. The van der Waals surface area contributed by atoms with E-state index in [1.807, 2.05) is 35.0 Å². The lowest BCUT2D eigenvalue weighted by Crippen LogP contribution is -1.91. The van der Waals surface area contributed by atoms with E-state index in [9.17, 15) is 9.65 Å². The van der Waals surface area contributed by atoms with Crippen molar-refractivity contribution in [3.05, 3.63) is 71.7 Å². The Morgan fingerprint density at radius 3 is 2.65 bits per heavy atom. The Kier molecular flexibility index (Phi) is 3.95. The van der Waals surface area contributed by atoms with Gasteiger partial charge in [0.05, 0.1) is 18.2 Å². The third-order valence-corrected chi connectivity index (χ3v) is 3.67. The number of rotatable bonds is 3. The molecule has 0 fully saturated rings. The zero-order valence-corrected chi connectivity index (χ0v) is 12.3.